The van der Waals surface area contributed by atoms with Crippen molar-refractivity contribution in [2.45, 2.75) is 22.8 Å². The van der Waals surface area contributed by atoms with E-state index in [4.69, 9.17) is 28.3 Å². The van der Waals surface area contributed by atoms with Crippen LogP contribution in [-0.4, -0.2) is 40.1 Å². The van der Waals surface area contributed by atoms with Crippen molar-refractivity contribution in [2.75, 3.05) is 13.1 Å². The molecular weight excluding hydrogens is 445 g/mol. The minimum atomic E-state index is -1.26. The van der Waals surface area contributed by atoms with Gasteiger partial charge in [0.1, 0.15) is 5.70 Å². The van der Waals surface area contributed by atoms with Crippen molar-refractivity contribution in [3.63, 3.8) is 0 Å². The second-order valence-corrected chi connectivity index (χ2v) is 9.74. The number of hydrogen-bond acceptors (Lipinski definition) is 4. The number of likely N-dealkylation sites (tertiary alicyclic amines) is 1. The smallest absolute Gasteiger partial charge is 0.352 e. The zero-order valence-corrected chi connectivity index (χ0v) is 18.2. The van der Waals surface area contributed by atoms with E-state index < -0.39 is 11.9 Å². The Morgan fingerprint density at radius 2 is 1.77 bits per heavy atom. The molecule has 2 heterocycles. The average Bonchev–Trinajstić information content (AvgIpc) is 3.01. The van der Waals surface area contributed by atoms with Crippen LogP contribution in [0.4, 0.5) is 0 Å². The lowest BCUT2D eigenvalue weighted by Crippen LogP contribution is -2.41. The Balaban J connectivity index is 1.65. The molecule has 2 aromatic rings. The number of piperidine rings is 1. The van der Waals surface area contributed by atoms with Gasteiger partial charge in [-0.2, -0.15) is 0 Å². The Morgan fingerprint density at radius 1 is 1.07 bits per heavy atom. The maximum atomic E-state index is 11.5. The molecule has 30 heavy (non-hydrogen) atoms. The third-order valence-corrected chi connectivity index (χ3v) is 8.10. The fraction of sp³-hybridized carbons (Fsp3) is 0.273. The fourth-order valence-electron chi connectivity index (χ4n) is 4.34. The Labute approximate surface area is 188 Å². The molecule has 1 fully saturated rings. The van der Waals surface area contributed by atoms with E-state index in [-0.39, 0.29) is 15.7 Å². The number of aliphatic carboxylic acids is 2. The molecular formula is C22H19Cl2NO4S. The predicted molar refractivity (Wildman–Crippen MR) is 118 cm³/mol. The number of carbonyl (C=O) groups is 2. The second kappa shape index (κ2) is 8.17. The zero-order chi connectivity index (χ0) is 21.5. The van der Waals surface area contributed by atoms with Crippen molar-refractivity contribution < 1.29 is 19.8 Å². The van der Waals surface area contributed by atoms with Gasteiger partial charge in [-0.25, -0.2) is 9.59 Å². The van der Waals surface area contributed by atoms with E-state index in [9.17, 15) is 14.7 Å². The third kappa shape index (κ3) is 3.80. The van der Waals surface area contributed by atoms with Gasteiger partial charge in [-0.1, -0.05) is 53.5 Å². The number of rotatable bonds is 4. The molecule has 0 bridgehead atoms. The molecule has 1 unspecified atom stereocenters. The Bertz CT molecular complexity index is 1050. The number of hydrogen-bond donors (Lipinski definition) is 2. The van der Waals surface area contributed by atoms with Crippen molar-refractivity contribution in [3.8, 4) is 0 Å². The van der Waals surface area contributed by atoms with Crippen LogP contribution in [0.1, 0.15) is 34.8 Å². The molecule has 5 nitrogen and oxygen atoms in total. The standard InChI is InChI=1S/C22H19Cl2NO4S/c23-13-5-6-15(17(24)11-13)20-14-3-1-2-4-16(14)22(30-20)7-9-25(10-8-22)18(21(28)29)12-19(26)27/h1-6,11-12,20H,7-10H2,(H,26,27)(H,28,29). The SMILES string of the molecule is O=C(O)C=C(C(=O)O)N1CCC2(CC1)SC(c1ccc(Cl)cc1Cl)c1ccccc12. The van der Waals surface area contributed by atoms with E-state index in [0.29, 0.717) is 36.0 Å². The first-order valence-electron chi connectivity index (χ1n) is 9.46. The number of thioether (sulfide) groups is 1. The first kappa shape index (κ1) is 21.1. The van der Waals surface area contributed by atoms with Gasteiger partial charge in [0.15, 0.2) is 0 Å². The third-order valence-electron chi connectivity index (χ3n) is 5.71. The summed E-state index contributed by atoms with van der Waals surface area (Å²) in [5.74, 6) is -2.48. The number of benzene rings is 2. The van der Waals surface area contributed by atoms with Crippen molar-refractivity contribution in [1.29, 1.82) is 0 Å². The van der Waals surface area contributed by atoms with Gasteiger partial charge in [0.05, 0.1) is 11.3 Å². The highest BCUT2D eigenvalue weighted by atomic mass is 35.5. The number of fused-ring (bicyclic) bond motifs is 2. The van der Waals surface area contributed by atoms with Crippen LogP contribution in [0, 0.1) is 0 Å². The summed E-state index contributed by atoms with van der Waals surface area (Å²) >= 11 is 14.4. The maximum Gasteiger partial charge on any atom is 0.352 e. The normalized spacial score (nSPS) is 20.3. The van der Waals surface area contributed by atoms with E-state index in [1.54, 1.807) is 11.0 Å². The number of carboxylic acids is 2. The van der Waals surface area contributed by atoms with Gasteiger partial charge >= 0.3 is 11.9 Å². The van der Waals surface area contributed by atoms with Crippen molar-refractivity contribution in [1.82, 2.24) is 4.90 Å². The lowest BCUT2D eigenvalue weighted by atomic mass is 9.84. The Morgan fingerprint density at radius 3 is 2.40 bits per heavy atom. The van der Waals surface area contributed by atoms with Crippen LogP contribution in [0.15, 0.2) is 54.2 Å². The lowest BCUT2D eigenvalue weighted by molar-refractivity contribution is -0.136. The average molecular weight is 464 g/mol. The van der Waals surface area contributed by atoms with Crippen LogP contribution in [0.2, 0.25) is 10.0 Å². The van der Waals surface area contributed by atoms with Gasteiger partial charge in [-0.05, 0) is 41.7 Å². The highest BCUT2D eigenvalue weighted by Gasteiger charge is 2.47. The van der Waals surface area contributed by atoms with Gasteiger partial charge in [0.2, 0.25) is 0 Å². The minimum absolute atomic E-state index is 0.0611. The van der Waals surface area contributed by atoms with E-state index in [0.717, 1.165) is 11.6 Å². The maximum absolute atomic E-state index is 11.5. The van der Waals surface area contributed by atoms with Crippen LogP contribution in [0.5, 0.6) is 0 Å². The summed E-state index contributed by atoms with van der Waals surface area (Å²) in [7, 11) is 0. The lowest BCUT2D eigenvalue weighted by Gasteiger charge is -2.40. The van der Waals surface area contributed by atoms with Gasteiger partial charge in [0.25, 0.3) is 0 Å². The summed E-state index contributed by atoms with van der Waals surface area (Å²) in [6, 6.07) is 13.8. The summed E-state index contributed by atoms with van der Waals surface area (Å²) in [6.07, 6.45) is 2.19. The zero-order valence-electron chi connectivity index (χ0n) is 15.8. The Hall–Kier alpha value is -2.15. The molecule has 0 aromatic heterocycles. The molecule has 2 N–H and O–H groups in total. The van der Waals surface area contributed by atoms with Gasteiger partial charge in [-0.3, -0.25) is 0 Å². The molecule has 0 aliphatic carbocycles. The van der Waals surface area contributed by atoms with Crippen LogP contribution in [0.3, 0.4) is 0 Å². The van der Waals surface area contributed by atoms with E-state index >= 15 is 0 Å². The molecule has 2 aliphatic heterocycles. The topological polar surface area (TPSA) is 77.8 Å². The fourth-order valence-corrected chi connectivity index (χ4v) is 6.77. The van der Waals surface area contributed by atoms with E-state index in [2.05, 4.69) is 12.1 Å². The van der Waals surface area contributed by atoms with Crippen LogP contribution < -0.4 is 0 Å². The van der Waals surface area contributed by atoms with Gasteiger partial charge in [-0.15, -0.1) is 11.8 Å². The van der Waals surface area contributed by atoms with Gasteiger partial charge < -0.3 is 15.1 Å². The molecule has 0 amide bonds. The van der Waals surface area contributed by atoms with E-state index in [1.807, 2.05) is 36.0 Å². The van der Waals surface area contributed by atoms with Crippen molar-refractivity contribution >= 4 is 46.9 Å². The number of nitrogens with zero attached hydrogens (tertiary/aromatic N) is 1. The number of carboxylic acid groups (broad SMARTS) is 2. The highest BCUT2D eigenvalue weighted by molar-refractivity contribution is 8.01. The second-order valence-electron chi connectivity index (χ2n) is 7.41. The molecule has 8 heteroatoms. The molecule has 0 radical (unpaired) electrons. The molecule has 1 spiro atoms. The summed E-state index contributed by atoms with van der Waals surface area (Å²) in [4.78, 5) is 24.2. The van der Waals surface area contributed by atoms with Crippen LogP contribution in [0.25, 0.3) is 0 Å². The first-order chi connectivity index (χ1) is 14.3. The van der Waals surface area contributed by atoms with Crippen molar-refractivity contribution in [2.24, 2.45) is 0 Å². The summed E-state index contributed by atoms with van der Waals surface area (Å²) in [6.45, 7) is 0.932. The Kier molecular flexibility index (Phi) is 5.75. The summed E-state index contributed by atoms with van der Waals surface area (Å²) in [5.41, 5.74) is 3.28. The molecule has 1 atom stereocenters. The highest BCUT2D eigenvalue weighted by Crippen LogP contribution is 2.62. The minimum Gasteiger partial charge on any atom is -0.478 e. The first-order valence-corrected chi connectivity index (χ1v) is 11.1. The van der Waals surface area contributed by atoms with E-state index in [1.165, 1.54) is 11.1 Å². The molecule has 1 saturated heterocycles. The quantitative estimate of drug-likeness (QED) is 0.608. The molecule has 4 rings (SSSR count). The molecule has 2 aliphatic rings. The number of halogens is 2. The largest absolute Gasteiger partial charge is 0.478 e. The predicted octanol–water partition coefficient (Wildman–Crippen LogP) is 5.17. The van der Waals surface area contributed by atoms with Crippen molar-refractivity contribution in [3.05, 3.63) is 81.0 Å². The molecule has 0 saturated carbocycles. The van der Waals surface area contributed by atoms with Crippen LogP contribution >= 0.6 is 35.0 Å². The summed E-state index contributed by atoms with van der Waals surface area (Å²) < 4.78 is -0.173. The monoisotopic (exact) mass is 463 g/mol. The van der Waals surface area contributed by atoms with Gasteiger partial charge in [0, 0.05) is 27.9 Å². The molecule has 2 aromatic carbocycles. The van der Waals surface area contributed by atoms with Crippen LogP contribution in [-0.2, 0) is 14.3 Å². The molecule has 156 valence electrons. The summed E-state index contributed by atoms with van der Waals surface area (Å²) in [5, 5.41) is 19.7.